The van der Waals surface area contributed by atoms with Crippen molar-refractivity contribution in [2.24, 2.45) is 0 Å². The second-order valence-electron chi connectivity index (χ2n) is 6.66. The summed E-state index contributed by atoms with van der Waals surface area (Å²) in [4.78, 5) is 4.16. The first-order valence-corrected chi connectivity index (χ1v) is 9.44. The summed E-state index contributed by atoms with van der Waals surface area (Å²) < 4.78 is 10.8. The van der Waals surface area contributed by atoms with E-state index >= 15 is 0 Å². The lowest BCUT2D eigenvalue weighted by Gasteiger charge is -2.25. The van der Waals surface area contributed by atoms with Crippen molar-refractivity contribution in [2.75, 3.05) is 31.4 Å². The van der Waals surface area contributed by atoms with E-state index in [9.17, 15) is 0 Å². The van der Waals surface area contributed by atoms with Gasteiger partial charge in [0.2, 0.25) is 0 Å². The Morgan fingerprint density at radius 3 is 2.46 bits per heavy atom. The number of hydrogen-bond donors (Lipinski definition) is 1. The van der Waals surface area contributed by atoms with Gasteiger partial charge in [0.05, 0.1) is 19.9 Å². The quantitative estimate of drug-likeness (QED) is 0.582. The first-order chi connectivity index (χ1) is 13.5. The summed E-state index contributed by atoms with van der Waals surface area (Å²) in [6.45, 7) is 1.25. The lowest BCUT2D eigenvalue weighted by Crippen LogP contribution is -2.33. The summed E-state index contributed by atoms with van der Waals surface area (Å²) in [5.41, 5.74) is 3.22. The number of nitrogens with one attached hydrogen (secondary N) is 1. The molecule has 0 fully saturated rings. The van der Waals surface area contributed by atoms with Crippen LogP contribution in [0.5, 0.6) is 5.75 Å². The molecule has 5 nitrogen and oxygen atoms in total. The molecule has 1 N–H and O–H groups in total. The van der Waals surface area contributed by atoms with E-state index < -0.39 is 0 Å². The van der Waals surface area contributed by atoms with Gasteiger partial charge in [-0.1, -0.05) is 18.2 Å². The Morgan fingerprint density at radius 1 is 1.04 bits per heavy atom. The first-order valence-electron chi connectivity index (χ1n) is 9.04. The summed E-state index contributed by atoms with van der Waals surface area (Å²) in [6.07, 6.45) is 1.68. The normalized spacial score (nSPS) is 10.4. The largest absolute Gasteiger partial charge is 0.497 e. The smallest absolute Gasteiger partial charge is 0.174 e. The Labute approximate surface area is 171 Å². The van der Waals surface area contributed by atoms with Crippen LogP contribution in [0.15, 0.2) is 71.3 Å². The van der Waals surface area contributed by atoms with Crippen molar-refractivity contribution >= 4 is 28.7 Å². The summed E-state index contributed by atoms with van der Waals surface area (Å²) >= 11 is 5.70. The number of ether oxygens (including phenoxy) is 1. The van der Waals surface area contributed by atoms with E-state index in [4.69, 9.17) is 21.4 Å². The number of methoxy groups -OCH3 is 1. The van der Waals surface area contributed by atoms with E-state index in [2.05, 4.69) is 39.4 Å². The predicted molar refractivity (Wildman–Crippen MR) is 118 cm³/mol. The van der Waals surface area contributed by atoms with Gasteiger partial charge in [0, 0.05) is 38.1 Å². The van der Waals surface area contributed by atoms with Gasteiger partial charge in [-0.2, -0.15) is 0 Å². The number of benzene rings is 2. The highest BCUT2D eigenvalue weighted by atomic mass is 32.1. The van der Waals surface area contributed by atoms with E-state index in [1.54, 1.807) is 13.4 Å². The van der Waals surface area contributed by atoms with Crippen molar-refractivity contribution in [3.05, 3.63) is 78.3 Å². The molecule has 0 aliphatic heterocycles. The molecule has 3 rings (SSSR count). The second kappa shape index (κ2) is 9.28. The molecule has 0 aliphatic rings. The van der Waals surface area contributed by atoms with Gasteiger partial charge in [-0.15, -0.1) is 0 Å². The third kappa shape index (κ3) is 5.27. The molecule has 0 saturated carbocycles. The molecule has 0 spiro atoms. The molecule has 0 unspecified atom stereocenters. The number of thiocarbonyl (C=S) groups is 1. The molecule has 0 aliphatic carbocycles. The van der Waals surface area contributed by atoms with Crippen molar-refractivity contribution in [2.45, 2.75) is 13.1 Å². The van der Waals surface area contributed by atoms with Gasteiger partial charge in [0.1, 0.15) is 11.5 Å². The van der Waals surface area contributed by atoms with Crippen molar-refractivity contribution in [3.8, 4) is 5.75 Å². The summed E-state index contributed by atoms with van der Waals surface area (Å²) in [6, 6.07) is 20.0. The summed E-state index contributed by atoms with van der Waals surface area (Å²) in [5, 5.41) is 3.93. The number of rotatable bonds is 7. The minimum Gasteiger partial charge on any atom is -0.497 e. The van der Waals surface area contributed by atoms with Crippen LogP contribution in [0.2, 0.25) is 0 Å². The van der Waals surface area contributed by atoms with Gasteiger partial charge in [0.25, 0.3) is 0 Å². The van der Waals surface area contributed by atoms with Crippen molar-refractivity contribution in [3.63, 3.8) is 0 Å². The predicted octanol–water partition coefficient (Wildman–Crippen LogP) is 4.75. The molecule has 0 radical (unpaired) electrons. The highest BCUT2D eigenvalue weighted by Gasteiger charge is 2.14. The molecule has 146 valence electrons. The number of nitrogens with zero attached hydrogens (tertiary/aromatic N) is 2. The van der Waals surface area contributed by atoms with Crippen LogP contribution >= 0.6 is 12.2 Å². The molecule has 1 aromatic heterocycles. The Kier molecular flexibility index (Phi) is 6.55. The van der Waals surface area contributed by atoms with Crippen LogP contribution in [0, 0.1) is 0 Å². The molecular formula is C22H25N3O2S. The van der Waals surface area contributed by atoms with Crippen molar-refractivity contribution < 1.29 is 9.15 Å². The maximum absolute atomic E-state index is 5.70. The molecule has 0 bridgehead atoms. The fourth-order valence-electron chi connectivity index (χ4n) is 2.81. The van der Waals surface area contributed by atoms with Gasteiger partial charge in [0.15, 0.2) is 5.11 Å². The average Bonchev–Trinajstić information content (AvgIpc) is 3.21. The van der Waals surface area contributed by atoms with E-state index in [-0.39, 0.29) is 0 Å². The first kappa shape index (κ1) is 19.8. The van der Waals surface area contributed by atoms with Gasteiger partial charge in [-0.05, 0) is 54.2 Å². The van der Waals surface area contributed by atoms with Crippen LogP contribution in [0.25, 0.3) is 0 Å². The molecule has 2 aromatic carbocycles. The van der Waals surface area contributed by atoms with Crippen LogP contribution in [0.1, 0.15) is 11.3 Å². The van der Waals surface area contributed by atoms with E-state index in [0.717, 1.165) is 17.2 Å². The summed E-state index contributed by atoms with van der Waals surface area (Å²) in [7, 11) is 5.72. The molecule has 0 amide bonds. The van der Waals surface area contributed by atoms with Gasteiger partial charge < -0.3 is 24.3 Å². The Morgan fingerprint density at radius 2 is 1.82 bits per heavy atom. The molecule has 3 aromatic rings. The zero-order chi connectivity index (χ0) is 19.9. The standard InChI is InChI=1S/C22H25N3O2S/c1-24(2)19-11-9-17(10-12-19)15-25(16-21-8-5-13-27-21)22(28)23-18-6-4-7-20(14-18)26-3/h4-14H,15-16H2,1-3H3,(H,23,28). The third-order valence-corrected chi connectivity index (χ3v) is 4.72. The molecule has 1 heterocycles. The van der Waals surface area contributed by atoms with E-state index in [0.29, 0.717) is 18.2 Å². The molecular weight excluding hydrogens is 370 g/mol. The fourth-order valence-corrected chi connectivity index (χ4v) is 3.06. The molecule has 0 atom stereocenters. The number of furan rings is 1. The SMILES string of the molecule is COc1cccc(NC(=S)N(Cc2ccc(N(C)C)cc2)Cc2ccco2)c1. The van der Waals surface area contributed by atoms with Gasteiger partial charge in [-0.3, -0.25) is 0 Å². The minimum atomic E-state index is 0.582. The second-order valence-corrected chi connectivity index (χ2v) is 7.05. The van der Waals surface area contributed by atoms with Crippen LogP contribution in [0.3, 0.4) is 0 Å². The fraction of sp³-hybridized carbons (Fsp3) is 0.227. The minimum absolute atomic E-state index is 0.582. The molecule has 6 heteroatoms. The van der Waals surface area contributed by atoms with Crippen LogP contribution < -0.4 is 15.0 Å². The summed E-state index contributed by atoms with van der Waals surface area (Å²) in [5.74, 6) is 1.64. The van der Waals surface area contributed by atoms with Gasteiger partial charge >= 0.3 is 0 Å². The lowest BCUT2D eigenvalue weighted by molar-refractivity contribution is 0.360. The van der Waals surface area contributed by atoms with Crippen LogP contribution in [-0.4, -0.2) is 31.2 Å². The van der Waals surface area contributed by atoms with Crippen molar-refractivity contribution in [1.82, 2.24) is 4.90 Å². The Hall–Kier alpha value is -2.99. The highest BCUT2D eigenvalue weighted by Crippen LogP contribution is 2.19. The van der Waals surface area contributed by atoms with Gasteiger partial charge in [-0.25, -0.2) is 0 Å². The van der Waals surface area contributed by atoms with Crippen molar-refractivity contribution in [1.29, 1.82) is 0 Å². The van der Waals surface area contributed by atoms with E-state index in [1.807, 2.05) is 50.5 Å². The van der Waals surface area contributed by atoms with Crippen LogP contribution in [0.4, 0.5) is 11.4 Å². The zero-order valence-electron chi connectivity index (χ0n) is 16.4. The highest BCUT2D eigenvalue weighted by molar-refractivity contribution is 7.80. The maximum atomic E-state index is 5.70. The molecule has 0 saturated heterocycles. The Balaban J connectivity index is 1.76. The average molecular weight is 396 g/mol. The monoisotopic (exact) mass is 395 g/mol. The topological polar surface area (TPSA) is 40.9 Å². The number of anilines is 2. The third-order valence-electron chi connectivity index (χ3n) is 4.36. The lowest BCUT2D eigenvalue weighted by atomic mass is 10.2. The number of hydrogen-bond acceptors (Lipinski definition) is 4. The Bertz CT molecular complexity index is 892. The van der Waals surface area contributed by atoms with E-state index in [1.165, 1.54) is 11.3 Å². The zero-order valence-corrected chi connectivity index (χ0v) is 17.2. The van der Waals surface area contributed by atoms with Crippen LogP contribution in [-0.2, 0) is 13.1 Å². The molecule has 28 heavy (non-hydrogen) atoms. The maximum Gasteiger partial charge on any atom is 0.174 e.